The fourth-order valence-electron chi connectivity index (χ4n) is 0.780. The molecule has 6 nitrogen and oxygen atoms in total. The Morgan fingerprint density at radius 2 is 1.75 bits per heavy atom. The molecule has 1 atom stereocenters. The molecule has 0 aliphatic heterocycles. The van der Waals surface area contributed by atoms with Gasteiger partial charge in [0.1, 0.15) is 6.04 Å². The molecular weight excluding hydrogens is 212 g/mol. The molecular formula is C10H18N2O4. The topological polar surface area (TPSA) is 95.5 Å². The van der Waals surface area contributed by atoms with Gasteiger partial charge in [-0.2, -0.15) is 0 Å². The van der Waals surface area contributed by atoms with Crippen LogP contribution in [0.1, 0.15) is 27.7 Å². The molecule has 6 heteroatoms. The highest BCUT2D eigenvalue weighted by molar-refractivity contribution is 5.89. The van der Waals surface area contributed by atoms with E-state index in [0.717, 1.165) is 0 Å². The van der Waals surface area contributed by atoms with E-state index in [1.165, 1.54) is 6.92 Å². The SMILES string of the molecule is CC(NC(=O)CNC(=O)C(C)(C)C)C(=O)O. The van der Waals surface area contributed by atoms with Crippen molar-refractivity contribution in [1.29, 1.82) is 0 Å². The Balaban J connectivity index is 4.01. The van der Waals surface area contributed by atoms with Gasteiger partial charge in [-0.1, -0.05) is 20.8 Å². The number of amides is 2. The summed E-state index contributed by atoms with van der Waals surface area (Å²) >= 11 is 0. The Bertz CT molecular complexity index is 294. The zero-order chi connectivity index (χ0) is 12.9. The van der Waals surface area contributed by atoms with Gasteiger partial charge in [-0.25, -0.2) is 0 Å². The summed E-state index contributed by atoms with van der Waals surface area (Å²) in [6.07, 6.45) is 0. The number of carbonyl (C=O) groups is 3. The molecule has 0 rings (SSSR count). The zero-order valence-electron chi connectivity index (χ0n) is 9.96. The lowest BCUT2D eigenvalue weighted by molar-refractivity contribution is -0.141. The summed E-state index contributed by atoms with van der Waals surface area (Å²) in [6.45, 7) is 6.31. The first-order valence-corrected chi connectivity index (χ1v) is 4.95. The molecule has 0 bridgehead atoms. The van der Waals surface area contributed by atoms with E-state index in [2.05, 4.69) is 10.6 Å². The van der Waals surface area contributed by atoms with Gasteiger partial charge in [0.15, 0.2) is 0 Å². The van der Waals surface area contributed by atoms with Gasteiger partial charge in [0, 0.05) is 5.41 Å². The summed E-state index contributed by atoms with van der Waals surface area (Å²) < 4.78 is 0. The molecule has 0 radical (unpaired) electrons. The van der Waals surface area contributed by atoms with Crippen LogP contribution in [-0.2, 0) is 14.4 Å². The van der Waals surface area contributed by atoms with Gasteiger partial charge in [-0.05, 0) is 6.92 Å². The molecule has 0 aromatic carbocycles. The highest BCUT2D eigenvalue weighted by Crippen LogP contribution is 2.11. The van der Waals surface area contributed by atoms with Crippen molar-refractivity contribution in [3.05, 3.63) is 0 Å². The fraction of sp³-hybridized carbons (Fsp3) is 0.700. The monoisotopic (exact) mass is 230 g/mol. The van der Waals surface area contributed by atoms with Crippen molar-refractivity contribution < 1.29 is 19.5 Å². The molecule has 3 N–H and O–H groups in total. The predicted octanol–water partition coefficient (Wildman–Crippen LogP) is -0.262. The molecule has 16 heavy (non-hydrogen) atoms. The summed E-state index contributed by atoms with van der Waals surface area (Å²) in [7, 11) is 0. The van der Waals surface area contributed by atoms with E-state index >= 15 is 0 Å². The lowest BCUT2D eigenvalue weighted by Crippen LogP contribution is -2.46. The molecule has 1 unspecified atom stereocenters. The second kappa shape index (κ2) is 5.48. The number of hydrogen-bond donors (Lipinski definition) is 3. The minimum absolute atomic E-state index is 0.215. The van der Waals surface area contributed by atoms with E-state index in [9.17, 15) is 14.4 Å². The number of hydrogen-bond acceptors (Lipinski definition) is 3. The maximum Gasteiger partial charge on any atom is 0.325 e. The van der Waals surface area contributed by atoms with E-state index in [1.807, 2.05) is 0 Å². The van der Waals surface area contributed by atoms with Crippen molar-refractivity contribution in [3.63, 3.8) is 0 Å². The van der Waals surface area contributed by atoms with Crippen molar-refractivity contribution in [3.8, 4) is 0 Å². The van der Waals surface area contributed by atoms with Gasteiger partial charge in [0.2, 0.25) is 11.8 Å². The van der Waals surface area contributed by atoms with Crippen LogP contribution in [0, 0.1) is 5.41 Å². The molecule has 0 aliphatic carbocycles. The Labute approximate surface area is 94.4 Å². The maximum absolute atomic E-state index is 11.4. The highest BCUT2D eigenvalue weighted by Gasteiger charge is 2.22. The first-order valence-electron chi connectivity index (χ1n) is 4.95. The Morgan fingerprint density at radius 3 is 2.12 bits per heavy atom. The lowest BCUT2D eigenvalue weighted by atomic mass is 9.96. The van der Waals surface area contributed by atoms with E-state index < -0.39 is 23.3 Å². The molecule has 0 aliphatic rings. The van der Waals surface area contributed by atoms with Gasteiger partial charge in [-0.3, -0.25) is 14.4 Å². The fourth-order valence-corrected chi connectivity index (χ4v) is 0.780. The number of carboxylic acid groups (broad SMARTS) is 1. The first-order chi connectivity index (χ1) is 7.14. The summed E-state index contributed by atoms with van der Waals surface area (Å²) in [5.41, 5.74) is -0.571. The molecule has 0 saturated heterocycles. The standard InChI is InChI=1S/C10H18N2O4/c1-6(8(14)15)12-7(13)5-11-9(16)10(2,3)4/h6H,5H2,1-4H3,(H,11,16)(H,12,13)(H,14,15). The minimum atomic E-state index is -1.12. The molecule has 2 amide bonds. The van der Waals surface area contributed by atoms with Gasteiger partial charge in [0.05, 0.1) is 6.54 Å². The number of carboxylic acids is 1. The second-order valence-corrected chi connectivity index (χ2v) is 4.56. The van der Waals surface area contributed by atoms with Crippen molar-refractivity contribution in [2.75, 3.05) is 6.54 Å². The maximum atomic E-state index is 11.4. The molecule has 0 aromatic rings. The molecule has 0 heterocycles. The first kappa shape index (κ1) is 14.4. The van der Waals surface area contributed by atoms with Crippen LogP contribution in [0.3, 0.4) is 0 Å². The average Bonchev–Trinajstić information content (AvgIpc) is 2.12. The van der Waals surface area contributed by atoms with E-state index in [1.54, 1.807) is 20.8 Å². The van der Waals surface area contributed by atoms with Crippen molar-refractivity contribution in [2.24, 2.45) is 5.41 Å². The summed E-state index contributed by atoms with van der Waals surface area (Å²) in [4.78, 5) is 33.0. The van der Waals surface area contributed by atoms with Crippen LogP contribution in [0.4, 0.5) is 0 Å². The Morgan fingerprint density at radius 1 is 1.25 bits per heavy atom. The average molecular weight is 230 g/mol. The summed E-state index contributed by atoms with van der Waals surface area (Å²) in [5.74, 6) is -1.89. The van der Waals surface area contributed by atoms with Crippen molar-refractivity contribution in [2.45, 2.75) is 33.7 Å². The third kappa shape index (κ3) is 5.33. The third-order valence-electron chi connectivity index (χ3n) is 1.84. The lowest BCUT2D eigenvalue weighted by Gasteiger charge is -2.17. The van der Waals surface area contributed by atoms with Crippen LogP contribution in [0.5, 0.6) is 0 Å². The normalized spacial score (nSPS) is 12.8. The van der Waals surface area contributed by atoms with Gasteiger partial charge >= 0.3 is 5.97 Å². The van der Waals surface area contributed by atoms with Gasteiger partial charge in [0.25, 0.3) is 0 Å². The van der Waals surface area contributed by atoms with E-state index in [-0.39, 0.29) is 12.5 Å². The molecule has 0 aromatic heterocycles. The van der Waals surface area contributed by atoms with Crippen LogP contribution >= 0.6 is 0 Å². The number of aliphatic carboxylic acids is 1. The zero-order valence-corrected chi connectivity index (χ0v) is 9.96. The van der Waals surface area contributed by atoms with Crippen LogP contribution in [0.25, 0.3) is 0 Å². The van der Waals surface area contributed by atoms with E-state index in [4.69, 9.17) is 5.11 Å². The smallest absolute Gasteiger partial charge is 0.325 e. The Hall–Kier alpha value is -1.59. The molecule has 0 spiro atoms. The summed E-state index contributed by atoms with van der Waals surface area (Å²) in [5, 5.41) is 13.2. The highest BCUT2D eigenvalue weighted by atomic mass is 16.4. The molecule has 0 fully saturated rings. The van der Waals surface area contributed by atoms with Gasteiger partial charge < -0.3 is 15.7 Å². The van der Waals surface area contributed by atoms with Crippen LogP contribution in [0.15, 0.2) is 0 Å². The van der Waals surface area contributed by atoms with Crippen LogP contribution in [-0.4, -0.2) is 35.5 Å². The molecule has 0 saturated carbocycles. The third-order valence-corrected chi connectivity index (χ3v) is 1.84. The van der Waals surface area contributed by atoms with Crippen LogP contribution < -0.4 is 10.6 Å². The van der Waals surface area contributed by atoms with Crippen molar-refractivity contribution in [1.82, 2.24) is 10.6 Å². The minimum Gasteiger partial charge on any atom is -0.480 e. The quantitative estimate of drug-likeness (QED) is 0.620. The second-order valence-electron chi connectivity index (χ2n) is 4.56. The van der Waals surface area contributed by atoms with E-state index in [0.29, 0.717) is 0 Å². The summed E-state index contributed by atoms with van der Waals surface area (Å²) in [6, 6.07) is -0.959. The Kier molecular flexibility index (Phi) is 4.94. The van der Waals surface area contributed by atoms with Gasteiger partial charge in [-0.15, -0.1) is 0 Å². The van der Waals surface area contributed by atoms with Crippen molar-refractivity contribution >= 4 is 17.8 Å². The predicted molar refractivity (Wildman–Crippen MR) is 57.7 cm³/mol. The number of nitrogens with one attached hydrogen (secondary N) is 2. The number of carbonyl (C=O) groups excluding carboxylic acids is 2. The van der Waals surface area contributed by atoms with Crippen LogP contribution in [0.2, 0.25) is 0 Å². The molecule has 92 valence electrons. The number of rotatable bonds is 4. The largest absolute Gasteiger partial charge is 0.480 e.